The highest BCUT2D eigenvalue weighted by atomic mass is 16.5. The molecule has 6 nitrogen and oxygen atoms in total. The molecule has 0 radical (unpaired) electrons. The maximum Gasteiger partial charge on any atom is 0.275 e. The van der Waals surface area contributed by atoms with Crippen molar-refractivity contribution >= 4 is 5.91 Å². The summed E-state index contributed by atoms with van der Waals surface area (Å²) in [6.45, 7) is 5.57. The van der Waals surface area contributed by atoms with Crippen LogP contribution < -0.4 is 0 Å². The quantitative estimate of drug-likeness (QED) is 0.619. The number of benzene rings is 1. The van der Waals surface area contributed by atoms with Gasteiger partial charge in [-0.3, -0.25) is 9.89 Å². The second-order valence-corrected chi connectivity index (χ2v) is 7.41. The van der Waals surface area contributed by atoms with Crippen LogP contribution in [-0.4, -0.2) is 41.3 Å². The van der Waals surface area contributed by atoms with Crippen LogP contribution in [0.3, 0.4) is 0 Å². The molecule has 3 aromatic rings. The van der Waals surface area contributed by atoms with E-state index in [2.05, 4.69) is 48.3 Å². The molecular weight excluding hydrogens is 354 g/mol. The normalized spacial score (nSPS) is 16.2. The van der Waals surface area contributed by atoms with E-state index < -0.39 is 0 Å². The number of nitrogens with zero attached hydrogens (tertiary/aromatic N) is 2. The number of aromatic amines is 1. The van der Waals surface area contributed by atoms with Crippen molar-refractivity contribution in [2.75, 3.05) is 20.3 Å². The Kier molecular flexibility index (Phi) is 5.05. The summed E-state index contributed by atoms with van der Waals surface area (Å²) in [5.41, 5.74) is 4.47. The Hall–Kier alpha value is -2.86. The van der Waals surface area contributed by atoms with Gasteiger partial charge in [0.25, 0.3) is 5.91 Å². The van der Waals surface area contributed by atoms with Crippen LogP contribution in [0.5, 0.6) is 0 Å². The van der Waals surface area contributed by atoms with Gasteiger partial charge in [0.05, 0.1) is 12.3 Å². The van der Waals surface area contributed by atoms with Crippen LogP contribution in [0.15, 0.2) is 47.1 Å². The van der Waals surface area contributed by atoms with Crippen molar-refractivity contribution in [1.82, 2.24) is 15.1 Å². The summed E-state index contributed by atoms with van der Waals surface area (Å²) in [7, 11) is 1.67. The number of ether oxygens (including phenoxy) is 1. The minimum absolute atomic E-state index is 0.0573. The lowest BCUT2D eigenvalue weighted by molar-refractivity contribution is 0.0723. The summed E-state index contributed by atoms with van der Waals surface area (Å²) in [6.07, 6.45) is 2.40. The molecule has 1 aliphatic heterocycles. The zero-order valence-electron chi connectivity index (χ0n) is 16.4. The van der Waals surface area contributed by atoms with Crippen LogP contribution in [0, 0.1) is 0 Å². The molecule has 3 heterocycles. The van der Waals surface area contributed by atoms with Gasteiger partial charge in [-0.25, -0.2) is 0 Å². The molecule has 1 unspecified atom stereocenters. The summed E-state index contributed by atoms with van der Waals surface area (Å²) < 4.78 is 10.8. The number of carbonyl (C=O) groups is 1. The van der Waals surface area contributed by atoms with E-state index in [0.29, 0.717) is 30.5 Å². The first-order chi connectivity index (χ1) is 13.6. The molecule has 0 fully saturated rings. The Bertz CT molecular complexity index is 942. The van der Waals surface area contributed by atoms with Crippen molar-refractivity contribution in [3.63, 3.8) is 0 Å². The first kappa shape index (κ1) is 18.5. The molecule has 4 rings (SSSR count). The Balaban J connectivity index is 1.78. The fourth-order valence-electron chi connectivity index (χ4n) is 3.82. The van der Waals surface area contributed by atoms with Crippen molar-refractivity contribution in [2.45, 2.75) is 32.2 Å². The van der Waals surface area contributed by atoms with E-state index in [9.17, 15) is 4.79 Å². The van der Waals surface area contributed by atoms with Crippen molar-refractivity contribution in [2.24, 2.45) is 0 Å². The summed E-state index contributed by atoms with van der Waals surface area (Å²) in [4.78, 5) is 15.0. The van der Waals surface area contributed by atoms with E-state index in [1.165, 1.54) is 5.56 Å². The molecule has 0 aliphatic carbocycles. The first-order valence-corrected chi connectivity index (χ1v) is 9.63. The smallest absolute Gasteiger partial charge is 0.275 e. The van der Waals surface area contributed by atoms with Crippen LogP contribution in [0.2, 0.25) is 0 Å². The number of methoxy groups -OCH3 is 1. The molecule has 2 aromatic heterocycles. The molecule has 6 heteroatoms. The monoisotopic (exact) mass is 379 g/mol. The van der Waals surface area contributed by atoms with Crippen molar-refractivity contribution in [1.29, 1.82) is 0 Å². The lowest BCUT2D eigenvalue weighted by Gasteiger charge is -2.26. The molecule has 1 N–H and O–H groups in total. The van der Waals surface area contributed by atoms with Crippen LogP contribution in [-0.2, 0) is 4.74 Å². The van der Waals surface area contributed by atoms with Gasteiger partial charge in [0.15, 0.2) is 11.5 Å². The Morgan fingerprint density at radius 1 is 1.25 bits per heavy atom. The summed E-state index contributed by atoms with van der Waals surface area (Å²) >= 11 is 0. The van der Waals surface area contributed by atoms with Gasteiger partial charge in [-0.05, 0) is 35.6 Å². The lowest BCUT2D eigenvalue weighted by Crippen LogP contribution is -2.31. The number of furan rings is 1. The lowest BCUT2D eigenvalue weighted by atomic mass is 9.95. The van der Waals surface area contributed by atoms with E-state index in [1.807, 2.05) is 17.0 Å². The van der Waals surface area contributed by atoms with Gasteiger partial charge in [0.2, 0.25) is 0 Å². The molecule has 0 spiro atoms. The second-order valence-electron chi connectivity index (χ2n) is 7.41. The largest absolute Gasteiger partial charge is 0.463 e. The predicted molar refractivity (Wildman–Crippen MR) is 106 cm³/mol. The minimum Gasteiger partial charge on any atom is -0.463 e. The van der Waals surface area contributed by atoms with E-state index in [0.717, 1.165) is 23.2 Å². The van der Waals surface area contributed by atoms with Gasteiger partial charge in [-0.15, -0.1) is 0 Å². The van der Waals surface area contributed by atoms with E-state index in [4.69, 9.17) is 9.15 Å². The fraction of sp³-hybridized carbons (Fsp3) is 0.364. The van der Waals surface area contributed by atoms with Gasteiger partial charge in [-0.2, -0.15) is 5.10 Å². The maximum atomic E-state index is 13.1. The number of H-pyrrole nitrogens is 1. The van der Waals surface area contributed by atoms with Gasteiger partial charge < -0.3 is 14.1 Å². The fourth-order valence-corrected chi connectivity index (χ4v) is 3.82. The van der Waals surface area contributed by atoms with E-state index in [-0.39, 0.29) is 11.9 Å². The standard InChI is InChI=1S/C22H25N3O3/c1-14(2)15-7-9-16(10-8-15)21-18-19(17-6-4-13-28-17)23-24-20(18)22(26)25(21)11-5-12-27-3/h4,6-10,13-14,21H,5,11-12H2,1-3H3,(H,23,24). The third-order valence-electron chi connectivity index (χ3n) is 5.29. The first-order valence-electron chi connectivity index (χ1n) is 9.63. The summed E-state index contributed by atoms with van der Waals surface area (Å²) in [5, 5.41) is 7.34. The van der Waals surface area contributed by atoms with Gasteiger partial charge in [0.1, 0.15) is 5.69 Å². The number of fused-ring (bicyclic) bond motifs is 1. The van der Waals surface area contributed by atoms with Crippen molar-refractivity contribution in [3.05, 3.63) is 65.0 Å². The van der Waals surface area contributed by atoms with Crippen LogP contribution in [0.25, 0.3) is 11.5 Å². The molecule has 1 aliphatic rings. The molecular formula is C22H25N3O3. The highest BCUT2D eigenvalue weighted by molar-refractivity contribution is 5.99. The second kappa shape index (κ2) is 7.64. The number of hydrogen-bond acceptors (Lipinski definition) is 4. The predicted octanol–water partition coefficient (Wildman–Crippen LogP) is 4.37. The number of hydrogen-bond donors (Lipinski definition) is 1. The highest BCUT2D eigenvalue weighted by Crippen LogP contribution is 2.43. The maximum absolute atomic E-state index is 13.1. The molecule has 146 valence electrons. The topological polar surface area (TPSA) is 71.4 Å². The molecule has 0 bridgehead atoms. The van der Waals surface area contributed by atoms with Gasteiger partial charge >= 0.3 is 0 Å². The van der Waals surface area contributed by atoms with E-state index in [1.54, 1.807) is 13.4 Å². The van der Waals surface area contributed by atoms with Crippen LogP contribution in [0.1, 0.15) is 59.4 Å². The summed E-state index contributed by atoms with van der Waals surface area (Å²) in [5.74, 6) is 1.09. The zero-order chi connectivity index (χ0) is 19.7. The highest BCUT2D eigenvalue weighted by Gasteiger charge is 2.42. The molecule has 1 atom stereocenters. The van der Waals surface area contributed by atoms with Crippen LogP contribution in [0.4, 0.5) is 0 Å². The minimum atomic E-state index is -0.195. The van der Waals surface area contributed by atoms with Gasteiger partial charge in [-0.1, -0.05) is 38.1 Å². The third kappa shape index (κ3) is 3.14. The molecule has 28 heavy (non-hydrogen) atoms. The number of nitrogens with one attached hydrogen (secondary N) is 1. The Morgan fingerprint density at radius 3 is 2.68 bits per heavy atom. The molecule has 0 saturated carbocycles. The summed E-state index contributed by atoms with van der Waals surface area (Å²) in [6, 6.07) is 12.0. The molecule has 1 aromatic carbocycles. The number of rotatable bonds is 7. The SMILES string of the molecule is COCCCN1C(=O)c2n[nH]c(-c3ccco3)c2C1c1ccc(C(C)C)cc1. The number of amides is 1. The number of carbonyl (C=O) groups excluding carboxylic acids is 1. The zero-order valence-corrected chi connectivity index (χ0v) is 16.4. The van der Waals surface area contributed by atoms with Crippen molar-refractivity contribution < 1.29 is 13.9 Å². The average molecular weight is 379 g/mol. The van der Waals surface area contributed by atoms with Crippen LogP contribution >= 0.6 is 0 Å². The molecule has 0 saturated heterocycles. The van der Waals surface area contributed by atoms with Crippen molar-refractivity contribution in [3.8, 4) is 11.5 Å². The third-order valence-corrected chi connectivity index (χ3v) is 5.29. The average Bonchev–Trinajstić information content (AvgIpc) is 3.41. The van der Waals surface area contributed by atoms with E-state index >= 15 is 0 Å². The van der Waals surface area contributed by atoms with Gasteiger partial charge in [0, 0.05) is 25.8 Å². The number of aromatic nitrogens is 2. The Labute approximate surface area is 164 Å². The molecule has 1 amide bonds. The Morgan fingerprint density at radius 2 is 2.04 bits per heavy atom.